The van der Waals surface area contributed by atoms with Gasteiger partial charge in [-0.25, -0.2) is 0 Å². The molecule has 2 fully saturated rings. The number of hydrogen-bond acceptors (Lipinski definition) is 2. The van der Waals surface area contributed by atoms with Gasteiger partial charge in [0.05, 0.1) is 24.6 Å². The normalized spacial score (nSPS) is 31.5. The Hall–Kier alpha value is -0.280. The molecule has 3 nitrogen and oxygen atoms in total. The Morgan fingerprint density at radius 1 is 1.35 bits per heavy atom. The lowest BCUT2D eigenvalue weighted by Gasteiger charge is -2.39. The van der Waals surface area contributed by atoms with Crippen molar-refractivity contribution in [2.24, 2.45) is 5.92 Å². The van der Waals surface area contributed by atoms with Gasteiger partial charge in [-0.15, -0.1) is 11.6 Å². The predicted octanol–water partition coefficient (Wildman–Crippen LogP) is 2.42. The van der Waals surface area contributed by atoms with Gasteiger partial charge >= 0.3 is 0 Å². The molecule has 1 aliphatic carbocycles. The molecular weight excluding hydrogens is 238 g/mol. The molecule has 2 atom stereocenters. The summed E-state index contributed by atoms with van der Waals surface area (Å²) in [6.07, 6.45) is 5.83. The standard InChI is InChI=1S/C13H22ClNO2/c1-10-9-17-12(7-14)8-15(10)13(16)11-5-3-2-4-6-11/h10-12H,2-9H2,1H3. The van der Waals surface area contributed by atoms with E-state index in [1.165, 1.54) is 19.3 Å². The second-order valence-electron chi connectivity index (χ2n) is 5.28. The number of rotatable bonds is 2. The Balaban J connectivity index is 1.95. The fourth-order valence-electron chi connectivity index (χ4n) is 2.80. The van der Waals surface area contributed by atoms with Crippen LogP contribution in [0.25, 0.3) is 0 Å². The summed E-state index contributed by atoms with van der Waals surface area (Å²) >= 11 is 5.82. The number of carbonyl (C=O) groups excluding carboxylic acids is 1. The van der Waals surface area contributed by atoms with E-state index in [4.69, 9.17) is 16.3 Å². The van der Waals surface area contributed by atoms with E-state index in [1.807, 2.05) is 4.90 Å². The minimum absolute atomic E-state index is 0.0143. The molecule has 4 heteroatoms. The Morgan fingerprint density at radius 2 is 2.06 bits per heavy atom. The number of morpholine rings is 1. The molecule has 1 heterocycles. The predicted molar refractivity (Wildman–Crippen MR) is 68.2 cm³/mol. The Labute approximate surface area is 108 Å². The number of amides is 1. The lowest BCUT2D eigenvalue weighted by atomic mass is 9.88. The molecule has 2 unspecified atom stereocenters. The minimum Gasteiger partial charge on any atom is -0.373 e. The van der Waals surface area contributed by atoms with Crippen LogP contribution in [0.5, 0.6) is 0 Å². The zero-order valence-corrected chi connectivity index (χ0v) is 11.3. The molecule has 1 saturated carbocycles. The fourth-order valence-corrected chi connectivity index (χ4v) is 2.99. The van der Waals surface area contributed by atoms with Gasteiger partial charge in [0, 0.05) is 12.5 Å². The van der Waals surface area contributed by atoms with Crippen LogP contribution in [0.15, 0.2) is 0 Å². The lowest BCUT2D eigenvalue weighted by Crippen LogP contribution is -2.53. The van der Waals surface area contributed by atoms with E-state index in [0.717, 1.165) is 12.8 Å². The highest BCUT2D eigenvalue weighted by Gasteiger charge is 2.33. The molecule has 0 spiro atoms. The maximum absolute atomic E-state index is 12.5. The topological polar surface area (TPSA) is 29.5 Å². The van der Waals surface area contributed by atoms with Crippen LogP contribution in [0.1, 0.15) is 39.0 Å². The van der Waals surface area contributed by atoms with Crippen molar-refractivity contribution in [3.8, 4) is 0 Å². The number of carbonyl (C=O) groups is 1. The average Bonchev–Trinajstić information content (AvgIpc) is 2.39. The molecule has 2 aliphatic rings. The second-order valence-corrected chi connectivity index (χ2v) is 5.59. The number of halogens is 1. The molecule has 0 radical (unpaired) electrons. The first-order valence-electron chi connectivity index (χ1n) is 6.70. The Bertz CT molecular complexity index is 266. The highest BCUT2D eigenvalue weighted by molar-refractivity contribution is 6.18. The van der Waals surface area contributed by atoms with E-state index in [9.17, 15) is 4.79 Å². The van der Waals surface area contributed by atoms with Crippen molar-refractivity contribution in [1.82, 2.24) is 4.90 Å². The van der Waals surface area contributed by atoms with Crippen LogP contribution in [-0.2, 0) is 9.53 Å². The molecule has 0 bridgehead atoms. The minimum atomic E-state index is 0.0143. The number of nitrogens with zero attached hydrogens (tertiary/aromatic N) is 1. The van der Waals surface area contributed by atoms with Gasteiger partial charge in [-0.2, -0.15) is 0 Å². The van der Waals surface area contributed by atoms with E-state index in [1.54, 1.807) is 0 Å². The number of alkyl halides is 1. The van der Waals surface area contributed by atoms with Gasteiger partial charge in [0.15, 0.2) is 0 Å². The summed E-state index contributed by atoms with van der Waals surface area (Å²) in [6.45, 7) is 3.35. The van der Waals surface area contributed by atoms with Crippen molar-refractivity contribution in [3.63, 3.8) is 0 Å². The highest BCUT2D eigenvalue weighted by atomic mass is 35.5. The summed E-state index contributed by atoms with van der Waals surface area (Å²) in [5, 5.41) is 0. The molecule has 98 valence electrons. The average molecular weight is 260 g/mol. The zero-order valence-electron chi connectivity index (χ0n) is 10.5. The molecule has 1 amide bonds. The summed E-state index contributed by atoms with van der Waals surface area (Å²) in [4.78, 5) is 14.4. The summed E-state index contributed by atoms with van der Waals surface area (Å²) < 4.78 is 5.58. The third-order valence-corrected chi connectivity index (χ3v) is 4.26. The van der Waals surface area contributed by atoms with Gasteiger partial charge in [-0.3, -0.25) is 4.79 Å². The van der Waals surface area contributed by atoms with Crippen LogP contribution >= 0.6 is 11.6 Å². The fraction of sp³-hybridized carbons (Fsp3) is 0.923. The molecular formula is C13H22ClNO2. The number of ether oxygens (including phenoxy) is 1. The second kappa shape index (κ2) is 6.05. The molecule has 1 aliphatic heterocycles. The SMILES string of the molecule is CC1COC(CCl)CN1C(=O)C1CCCCC1. The first-order valence-corrected chi connectivity index (χ1v) is 7.24. The third kappa shape index (κ3) is 3.14. The zero-order chi connectivity index (χ0) is 12.3. The van der Waals surface area contributed by atoms with Gasteiger partial charge in [-0.05, 0) is 19.8 Å². The van der Waals surface area contributed by atoms with Crippen molar-refractivity contribution in [3.05, 3.63) is 0 Å². The summed E-state index contributed by atoms with van der Waals surface area (Å²) in [5.74, 6) is 1.05. The van der Waals surface area contributed by atoms with Gasteiger partial charge in [-0.1, -0.05) is 19.3 Å². The molecule has 0 aromatic carbocycles. The third-order valence-electron chi connectivity index (χ3n) is 3.92. The summed E-state index contributed by atoms with van der Waals surface area (Å²) in [5.41, 5.74) is 0. The lowest BCUT2D eigenvalue weighted by molar-refractivity contribution is -0.148. The van der Waals surface area contributed by atoms with Crippen LogP contribution in [0.3, 0.4) is 0 Å². The van der Waals surface area contributed by atoms with Gasteiger partial charge in [0.1, 0.15) is 0 Å². The Morgan fingerprint density at radius 3 is 2.71 bits per heavy atom. The molecule has 0 aromatic rings. The van der Waals surface area contributed by atoms with E-state index in [0.29, 0.717) is 24.9 Å². The summed E-state index contributed by atoms with van der Waals surface area (Å²) in [7, 11) is 0. The molecule has 0 N–H and O–H groups in total. The van der Waals surface area contributed by atoms with Gasteiger partial charge in [0.25, 0.3) is 0 Å². The van der Waals surface area contributed by atoms with Crippen molar-refractivity contribution in [2.75, 3.05) is 19.0 Å². The van der Waals surface area contributed by atoms with Gasteiger partial charge < -0.3 is 9.64 Å². The van der Waals surface area contributed by atoms with Crippen LogP contribution in [0, 0.1) is 5.92 Å². The van der Waals surface area contributed by atoms with E-state index in [2.05, 4.69) is 6.92 Å². The van der Waals surface area contributed by atoms with Crippen molar-refractivity contribution < 1.29 is 9.53 Å². The monoisotopic (exact) mass is 259 g/mol. The molecule has 0 aromatic heterocycles. The largest absolute Gasteiger partial charge is 0.373 e. The van der Waals surface area contributed by atoms with E-state index in [-0.39, 0.29) is 18.1 Å². The highest BCUT2D eigenvalue weighted by Crippen LogP contribution is 2.27. The van der Waals surface area contributed by atoms with Crippen molar-refractivity contribution in [1.29, 1.82) is 0 Å². The first-order chi connectivity index (χ1) is 8.22. The maximum atomic E-state index is 12.5. The molecule has 2 rings (SSSR count). The van der Waals surface area contributed by atoms with Crippen LogP contribution in [0.2, 0.25) is 0 Å². The van der Waals surface area contributed by atoms with Crippen LogP contribution in [0.4, 0.5) is 0 Å². The quantitative estimate of drug-likeness (QED) is 0.713. The van der Waals surface area contributed by atoms with E-state index >= 15 is 0 Å². The first kappa shape index (κ1) is 13.2. The Kier molecular flexibility index (Phi) is 4.69. The maximum Gasteiger partial charge on any atom is 0.226 e. The smallest absolute Gasteiger partial charge is 0.226 e. The van der Waals surface area contributed by atoms with E-state index < -0.39 is 0 Å². The van der Waals surface area contributed by atoms with Crippen molar-refractivity contribution >= 4 is 17.5 Å². The summed E-state index contributed by atoms with van der Waals surface area (Å²) in [6, 6.07) is 0.198. The van der Waals surface area contributed by atoms with Crippen LogP contribution in [-0.4, -0.2) is 42.0 Å². The molecule has 1 saturated heterocycles. The van der Waals surface area contributed by atoms with Crippen LogP contribution < -0.4 is 0 Å². The number of hydrogen-bond donors (Lipinski definition) is 0. The molecule has 17 heavy (non-hydrogen) atoms. The van der Waals surface area contributed by atoms with Crippen molar-refractivity contribution in [2.45, 2.75) is 51.2 Å². The van der Waals surface area contributed by atoms with Gasteiger partial charge in [0.2, 0.25) is 5.91 Å².